The zero-order chi connectivity index (χ0) is 16.3. The predicted octanol–water partition coefficient (Wildman–Crippen LogP) is 3.62. The quantitative estimate of drug-likeness (QED) is 0.767. The van der Waals surface area contributed by atoms with Crippen molar-refractivity contribution >= 4 is 34.3 Å². The maximum absolute atomic E-state index is 12.3. The molecular weight excluding hydrogens is 403 g/mol. The fourth-order valence-corrected chi connectivity index (χ4v) is 3.18. The van der Waals surface area contributed by atoms with Crippen molar-refractivity contribution in [2.24, 2.45) is 11.8 Å². The minimum Gasteiger partial charge on any atom is -0.481 e. The van der Waals surface area contributed by atoms with Gasteiger partial charge in [-0.1, -0.05) is 15.9 Å². The number of alkyl halides is 3. The van der Waals surface area contributed by atoms with E-state index in [4.69, 9.17) is 0 Å². The highest BCUT2D eigenvalue weighted by Crippen LogP contribution is 2.30. The predicted molar refractivity (Wildman–Crippen MR) is 83.9 cm³/mol. The van der Waals surface area contributed by atoms with Crippen LogP contribution < -0.4 is 10.1 Å². The van der Waals surface area contributed by atoms with Crippen LogP contribution in [0.15, 0.2) is 22.7 Å². The molecular formula is C14H16BrClF3NO3. The number of carboxylic acids is 1. The van der Waals surface area contributed by atoms with Gasteiger partial charge in [0.2, 0.25) is 0 Å². The minimum absolute atomic E-state index is 0. The Hall–Kier alpha value is -0.990. The van der Waals surface area contributed by atoms with E-state index in [0.29, 0.717) is 16.6 Å². The summed E-state index contributed by atoms with van der Waals surface area (Å²) in [6.07, 6.45) is -3.87. The maximum Gasteiger partial charge on any atom is 0.573 e. The monoisotopic (exact) mass is 417 g/mol. The molecule has 2 rings (SSSR count). The molecule has 0 amide bonds. The summed E-state index contributed by atoms with van der Waals surface area (Å²) in [6, 6.07) is 4.04. The van der Waals surface area contributed by atoms with Gasteiger partial charge in [0, 0.05) is 4.47 Å². The summed E-state index contributed by atoms with van der Waals surface area (Å²) in [5.41, 5.74) is 0.493. The summed E-state index contributed by atoms with van der Waals surface area (Å²) >= 11 is 3.12. The van der Waals surface area contributed by atoms with Crippen LogP contribution in [-0.4, -0.2) is 30.5 Å². The fraction of sp³-hybridized carbons (Fsp3) is 0.500. The van der Waals surface area contributed by atoms with E-state index in [0.717, 1.165) is 13.0 Å². The van der Waals surface area contributed by atoms with Crippen LogP contribution in [0.4, 0.5) is 13.2 Å². The lowest BCUT2D eigenvalue weighted by atomic mass is 9.86. The van der Waals surface area contributed by atoms with Crippen LogP contribution >= 0.6 is 28.3 Å². The zero-order valence-electron chi connectivity index (χ0n) is 11.9. The molecule has 130 valence electrons. The van der Waals surface area contributed by atoms with Crippen molar-refractivity contribution in [2.75, 3.05) is 13.1 Å². The Bertz CT molecular complexity index is 551. The van der Waals surface area contributed by atoms with Crippen molar-refractivity contribution in [1.82, 2.24) is 5.32 Å². The number of hydrogen-bond donors (Lipinski definition) is 2. The number of nitrogens with one attached hydrogen (secondary N) is 1. The second-order valence-corrected chi connectivity index (χ2v) is 6.16. The molecule has 4 nitrogen and oxygen atoms in total. The molecule has 1 fully saturated rings. The molecule has 2 atom stereocenters. The van der Waals surface area contributed by atoms with Gasteiger partial charge in [-0.3, -0.25) is 4.79 Å². The van der Waals surface area contributed by atoms with Crippen molar-refractivity contribution in [2.45, 2.75) is 19.2 Å². The molecule has 1 saturated heterocycles. The molecule has 0 spiro atoms. The molecule has 1 aliphatic heterocycles. The highest BCUT2D eigenvalue weighted by molar-refractivity contribution is 9.10. The van der Waals surface area contributed by atoms with Crippen molar-refractivity contribution in [3.63, 3.8) is 0 Å². The van der Waals surface area contributed by atoms with Gasteiger partial charge in [0.05, 0.1) is 5.92 Å². The number of halogens is 5. The highest BCUT2D eigenvalue weighted by Gasteiger charge is 2.33. The Morgan fingerprint density at radius 1 is 1.43 bits per heavy atom. The van der Waals surface area contributed by atoms with Crippen LogP contribution in [0.5, 0.6) is 5.75 Å². The summed E-state index contributed by atoms with van der Waals surface area (Å²) in [7, 11) is 0. The molecule has 1 aromatic carbocycles. The first kappa shape index (κ1) is 20.1. The normalized spacial score (nSPS) is 19.0. The average molecular weight is 419 g/mol. The van der Waals surface area contributed by atoms with Gasteiger partial charge >= 0.3 is 12.3 Å². The fourth-order valence-electron chi connectivity index (χ4n) is 2.66. The van der Waals surface area contributed by atoms with Crippen LogP contribution in [0.2, 0.25) is 0 Å². The Kier molecular flexibility index (Phi) is 7.16. The molecule has 0 radical (unpaired) electrons. The third kappa shape index (κ3) is 6.19. The number of ether oxygens (including phenoxy) is 1. The lowest BCUT2D eigenvalue weighted by molar-refractivity contribution is -0.274. The van der Waals surface area contributed by atoms with Crippen LogP contribution in [0, 0.1) is 11.8 Å². The van der Waals surface area contributed by atoms with Crippen LogP contribution in [0.1, 0.15) is 12.0 Å². The Balaban J connectivity index is 0.00000264. The molecule has 0 aliphatic carbocycles. The highest BCUT2D eigenvalue weighted by atomic mass is 79.9. The number of hydrogen-bond acceptors (Lipinski definition) is 3. The second-order valence-electron chi connectivity index (χ2n) is 5.24. The van der Waals surface area contributed by atoms with Gasteiger partial charge < -0.3 is 15.2 Å². The Labute approximate surface area is 145 Å². The van der Waals surface area contributed by atoms with E-state index >= 15 is 0 Å². The number of carboxylic acid groups (broad SMARTS) is 1. The summed E-state index contributed by atoms with van der Waals surface area (Å²) in [6.45, 7) is 1.37. The smallest absolute Gasteiger partial charge is 0.481 e. The first-order valence-corrected chi connectivity index (χ1v) is 7.52. The molecule has 0 unspecified atom stereocenters. The summed E-state index contributed by atoms with van der Waals surface area (Å²) in [4.78, 5) is 11.4. The van der Waals surface area contributed by atoms with E-state index in [1.165, 1.54) is 12.1 Å². The molecule has 9 heteroatoms. The summed E-state index contributed by atoms with van der Waals surface area (Å²) in [5, 5.41) is 12.5. The number of rotatable bonds is 5. The largest absolute Gasteiger partial charge is 0.573 e. The maximum atomic E-state index is 12.3. The van der Waals surface area contributed by atoms with Crippen molar-refractivity contribution in [3.05, 3.63) is 28.2 Å². The Morgan fingerprint density at radius 3 is 2.65 bits per heavy atom. The van der Waals surface area contributed by atoms with E-state index in [1.807, 2.05) is 0 Å². The van der Waals surface area contributed by atoms with Crippen LogP contribution in [-0.2, 0) is 11.2 Å². The van der Waals surface area contributed by atoms with Crippen LogP contribution in [0.25, 0.3) is 0 Å². The lowest BCUT2D eigenvalue weighted by Crippen LogP contribution is -2.27. The second kappa shape index (κ2) is 8.21. The van der Waals surface area contributed by atoms with Gasteiger partial charge in [-0.25, -0.2) is 0 Å². The van der Waals surface area contributed by atoms with Gasteiger partial charge in [0.25, 0.3) is 0 Å². The number of carbonyl (C=O) groups is 1. The number of aliphatic carboxylic acids is 1. The standard InChI is InChI=1S/C14H15BrF3NO3.ClH/c15-10-3-8(4-11(6-10)22-14(16,17)18)5-12(13(20)21)9-1-2-19-7-9;/h3-4,6,9,12,19H,1-2,5,7H2,(H,20,21);1H/t9-,12-;/m0./s1. The van der Waals surface area contributed by atoms with E-state index < -0.39 is 18.2 Å². The lowest BCUT2D eigenvalue weighted by Gasteiger charge is -2.19. The van der Waals surface area contributed by atoms with Crippen molar-refractivity contribution in [3.8, 4) is 5.75 Å². The van der Waals surface area contributed by atoms with Gasteiger partial charge in [-0.2, -0.15) is 0 Å². The van der Waals surface area contributed by atoms with Gasteiger partial charge in [0.15, 0.2) is 0 Å². The third-order valence-corrected chi connectivity index (χ3v) is 4.06. The molecule has 0 bridgehead atoms. The number of benzene rings is 1. The van der Waals surface area contributed by atoms with E-state index in [1.54, 1.807) is 6.07 Å². The molecule has 1 aromatic rings. The van der Waals surface area contributed by atoms with Crippen LogP contribution in [0.3, 0.4) is 0 Å². The van der Waals surface area contributed by atoms with E-state index in [9.17, 15) is 23.1 Å². The van der Waals surface area contributed by atoms with Crippen molar-refractivity contribution in [1.29, 1.82) is 0 Å². The molecule has 0 aromatic heterocycles. The van der Waals surface area contributed by atoms with Crippen molar-refractivity contribution < 1.29 is 27.8 Å². The van der Waals surface area contributed by atoms with Gasteiger partial charge in [-0.05, 0) is 55.6 Å². The van der Waals surface area contributed by atoms with E-state index in [2.05, 4.69) is 26.0 Å². The van der Waals surface area contributed by atoms with Gasteiger partial charge in [0.1, 0.15) is 5.75 Å². The first-order chi connectivity index (χ1) is 10.2. The minimum atomic E-state index is -4.78. The molecule has 1 heterocycles. The topological polar surface area (TPSA) is 58.6 Å². The molecule has 0 saturated carbocycles. The summed E-state index contributed by atoms with van der Waals surface area (Å²) in [5.74, 6) is -1.95. The molecule has 23 heavy (non-hydrogen) atoms. The first-order valence-electron chi connectivity index (χ1n) is 6.73. The Morgan fingerprint density at radius 2 is 2.13 bits per heavy atom. The average Bonchev–Trinajstić information content (AvgIpc) is 2.86. The molecule has 2 N–H and O–H groups in total. The van der Waals surface area contributed by atoms with E-state index in [-0.39, 0.29) is 30.5 Å². The SMILES string of the molecule is Cl.O=C(O)[C@@H](Cc1cc(Br)cc(OC(F)(F)F)c1)[C@H]1CCNC1. The van der Waals surface area contributed by atoms with Gasteiger partial charge in [-0.15, -0.1) is 25.6 Å². The molecule has 1 aliphatic rings. The third-order valence-electron chi connectivity index (χ3n) is 3.60. The zero-order valence-corrected chi connectivity index (χ0v) is 14.3. The summed E-state index contributed by atoms with van der Waals surface area (Å²) < 4.78 is 41.2.